The monoisotopic (exact) mass is 288 g/mol. The summed E-state index contributed by atoms with van der Waals surface area (Å²) >= 11 is 11.0. The second-order valence-corrected chi connectivity index (χ2v) is 4.44. The van der Waals surface area contributed by atoms with Crippen molar-refractivity contribution in [2.75, 3.05) is 38.8 Å². The molecular formula is C12H17ClN2O2S. The predicted molar refractivity (Wildman–Crippen MR) is 78.5 cm³/mol. The van der Waals surface area contributed by atoms with Gasteiger partial charge in [0, 0.05) is 19.2 Å². The van der Waals surface area contributed by atoms with E-state index in [-0.39, 0.29) is 0 Å². The standard InChI is InChI=1S/C12H17ClN2O2S/c1-16-6-7-17-5-4-15-11-3-2-9(12(14)18)8-10(11)13/h2-3,8,15H,4-7H2,1H3,(H2,14,18). The molecule has 0 fully saturated rings. The van der Waals surface area contributed by atoms with Gasteiger partial charge in [0.05, 0.1) is 30.5 Å². The molecule has 0 amide bonds. The van der Waals surface area contributed by atoms with E-state index in [1.165, 1.54) is 0 Å². The number of hydrogen-bond donors (Lipinski definition) is 2. The third-order valence-electron chi connectivity index (χ3n) is 2.25. The lowest BCUT2D eigenvalue weighted by Gasteiger charge is -2.10. The van der Waals surface area contributed by atoms with Gasteiger partial charge in [0.1, 0.15) is 4.99 Å². The molecule has 0 heterocycles. The first-order chi connectivity index (χ1) is 8.65. The van der Waals surface area contributed by atoms with Crippen LogP contribution < -0.4 is 11.1 Å². The zero-order valence-corrected chi connectivity index (χ0v) is 11.8. The highest BCUT2D eigenvalue weighted by Crippen LogP contribution is 2.22. The molecule has 18 heavy (non-hydrogen) atoms. The second kappa shape index (κ2) is 8.26. The summed E-state index contributed by atoms with van der Waals surface area (Å²) in [5, 5.41) is 3.77. The van der Waals surface area contributed by atoms with Crippen molar-refractivity contribution in [2.24, 2.45) is 5.73 Å². The van der Waals surface area contributed by atoms with E-state index in [0.717, 1.165) is 11.3 Å². The Hall–Kier alpha value is -0.880. The van der Waals surface area contributed by atoms with E-state index in [2.05, 4.69) is 5.32 Å². The number of ether oxygens (including phenoxy) is 2. The van der Waals surface area contributed by atoms with Crippen LogP contribution in [0.1, 0.15) is 5.56 Å². The van der Waals surface area contributed by atoms with Gasteiger partial charge >= 0.3 is 0 Å². The molecule has 0 bridgehead atoms. The maximum absolute atomic E-state index is 6.10. The van der Waals surface area contributed by atoms with Crippen molar-refractivity contribution in [2.45, 2.75) is 0 Å². The van der Waals surface area contributed by atoms with Crippen molar-refractivity contribution >= 4 is 34.5 Å². The van der Waals surface area contributed by atoms with E-state index in [1.54, 1.807) is 13.2 Å². The highest BCUT2D eigenvalue weighted by molar-refractivity contribution is 7.80. The number of nitrogens with two attached hydrogens (primary N) is 1. The summed E-state index contributed by atoms with van der Waals surface area (Å²) in [4.78, 5) is 0.339. The van der Waals surface area contributed by atoms with Crippen molar-refractivity contribution < 1.29 is 9.47 Å². The summed E-state index contributed by atoms with van der Waals surface area (Å²) in [6.45, 7) is 2.46. The van der Waals surface area contributed by atoms with Crippen molar-refractivity contribution in [3.63, 3.8) is 0 Å². The summed E-state index contributed by atoms with van der Waals surface area (Å²) in [6.07, 6.45) is 0. The van der Waals surface area contributed by atoms with Crippen molar-refractivity contribution in [3.8, 4) is 0 Å². The zero-order chi connectivity index (χ0) is 13.4. The molecule has 1 aromatic rings. The third-order valence-corrected chi connectivity index (χ3v) is 2.80. The highest BCUT2D eigenvalue weighted by atomic mass is 35.5. The van der Waals surface area contributed by atoms with E-state index in [0.29, 0.717) is 36.4 Å². The molecule has 0 saturated heterocycles. The number of benzene rings is 1. The lowest BCUT2D eigenvalue weighted by molar-refractivity contribution is 0.0759. The van der Waals surface area contributed by atoms with Gasteiger partial charge in [-0.05, 0) is 18.2 Å². The van der Waals surface area contributed by atoms with Crippen molar-refractivity contribution in [3.05, 3.63) is 28.8 Å². The normalized spacial score (nSPS) is 10.3. The second-order valence-electron chi connectivity index (χ2n) is 3.59. The first-order valence-corrected chi connectivity index (χ1v) is 6.33. The maximum Gasteiger partial charge on any atom is 0.104 e. The topological polar surface area (TPSA) is 56.5 Å². The fraction of sp³-hybridized carbons (Fsp3) is 0.417. The Balaban J connectivity index is 2.36. The van der Waals surface area contributed by atoms with Crippen LogP contribution in [0.25, 0.3) is 0 Å². The molecule has 1 aromatic carbocycles. The van der Waals surface area contributed by atoms with Crippen LogP contribution >= 0.6 is 23.8 Å². The van der Waals surface area contributed by atoms with E-state index in [9.17, 15) is 0 Å². The summed E-state index contributed by atoms with van der Waals surface area (Å²) in [7, 11) is 1.64. The van der Waals surface area contributed by atoms with Crippen LogP contribution in [0.5, 0.6) is 0 Å². The molecule has 0 saturated carbocycles. The fourth-order valence-electron chi connectivity index (χ4n) is 1.31. The number of nitrogens with one attached hydrogen (secondary N) is 1. The predicted octanol–water partition coefficient (Wildman–Crippen LogP) is 2.05. The molecule has 3 N–H and O–H groups in total. The minimum Gasteiger partial charge on any atom is -0.389 e. The summed E-state index contributed by atoms with van der Waals surface area (Å²) in [5.41, 5.74) is 7.12. The Bertz CT molecular complexity index is 402. The summed E-state index contributed by atoms with van der Waals surface area (Å²) < 4.78 is 10.2. The van der Waals surface area contributed by atoms with Crippen molar-refractivity contribution in [1.29, 1.82) is 0 Å². The quantitative estimate of drug-likeness (QED) is 0.566. The number of rotatable bonds is 8. The zero-order valence-electron chi connectivity index (χ0n) is 10.2. The molecule has 0 radical (unpaired) electrons. The van der Waals surface area contributed by atoms with Gasteiger partial charge in [0.2, 0.25) is 0 Å². The van der Waals surface area contributed by atoms with Gasteiger partial charge in [0.25, 0.3) is 0 Å². The molecule has 4 nitrogen and oxygen atoms in total. The number of methoxy groups -OCH3 is 1. The number of hydrogen-bond acceptors (Lipinski definition) is 4. The van der Waals surface area contributed by atoms with Gasteiger partial charge in [-0.2, -0.15) is 0 Å². The molecule has 0 spiro atoms. The number of halogens is 1. The Morgan fingerprint density at radius 1 is 1.39 bits per heavy atom. The molecular weight excluding hydrogens is 272 g/mol. The van der Waals surface area contributed by atoms with Crippen LogP contribution in [-0.2, 0) is 9.47 Å². The lowest BCUT2D eigenvalue weighted by Crippen LogP contribution is -2.13. The average Bonchev–Trinajstić information content (AvgIpc) is 2.35. The number of anilines is 1. The van der Waals surface area contributed by atoms with Gasteiger partial charge in [-0.1, -0.05) is 23.8 Å². The minimum absolute atomic E-state index is 0.339. The largest absolute Gasteiger partial charge is 0.389 e. The van der Waals surface area contributed by atoms with E-state index in [4.69, 9.17) is 39.0 Å². The van der Waals surface area contributed by atoms with Crippen LogP contribution in [0.4, 0.5) is 5.69 Å². The molecule has 0 aliphatic rings. The molecule has 1 rings (SSSR count). The Morgan fingerprint density at radius 2 is 2.17 bits per heavy atom. The summed E-state index contributed by atoms with van der Waals surface area (Å²) in [5.74, 6) is 0. The first kappa shape index (κ1) is 15.2. The third kappa shape index (κ3) is 5.18. The van der Waals surface area contributed by atoms with E-state index in [1.807, 2.05) is 12.1 Å². The van der Waals surface area contributed by atoms with E-state index < -0.39 is 0 Å². The molecule has 0 aliphatic heterocycles. The van der Waals surface area contributed by atoms with Crippen LogP contribution in [0.3, 0.4) is 0 Å². The average molecular weight is 289 g/mol. The SMILES string of the molecule is COCCOCCNc1ccc(C(N)=S)cc1Cl. The molecule has 0 aromatic heterocycles. The van der Waals surface area contributed by atoms with Crippen LogP contribution in [0.15, 0.2) is 18.2 Å². The minimum atomic E-state index is 0.339. The molecule has 100 valence electrons. The smallest absolute Gasteiger partial charge is 0.104 e. The molecule has 0 atom stereocenters. The molecule has 0 unspecified atom stereocenters. The van der Waals surface area contributed by atoms with Gasteiger partial charge in [-0.15, -0.1) is 0 Å². The Labute approximate surface area is 117 Å². The highest BCUT2D eigenvalue weighted by Gasteiger charge is 2.03. The van der Waals surface area contributed by atoms with Crippen molar-refractivity contribution in [1.82, 2.24) is 0 Å². The van der Waals surface area contributed by atoms with Crippen LogP contribution in [0.2, 0.25) is 5.02 Å². The molecule has 6 heteroatoms. The van der Waals surface area contributed by atoms with Gasteiger partial charge < -0.3 is 20.5 Å². The maximum atomic E-state index is 6.10. The van der Waals surface area contributed by atoms with Gasteiger partial charge in [-0.25, -0.2) is 0 Å². The van der Waals surface area contributed by atoms with Gasteiger partial charge in [-0.3, -0.25) is 0 Å². The first-order valence-electron chi connectivity index (χ1n) is 5.55. The van der Waals surface area contributed by atoms with Gasteiger partial charge in [0.15, 0.2) is 0 Å². The molecule has 0 aliphatic carbocycles. The lowest BCUT2D eigenvalue weighted by atomic mass is 10.2. The van der Waals surface area contributed by atoms with Crippen LogP contribution in [-0.4, -0.2) is 38.5 Å². The van der Waals surface area contributed by atoms with Crippen LogP contribution in [0, 0.1) is 0 Å². The Morgan fingerprint density at radius 3 is 2.78 bits per heavy atom. The Kier molecular flexibility index (Phi) is 6.97. The van der Waals surface area contributed by atoms with E-state index >= 15 is 0 Å². The number of thiocarbonyl (C=S) groups is 1. The fourth-order valence-corrected chi connectivity index (χ4v) is 1.69. The summed E-state index contributed by atoms with van der Waals surface area (Å²) in [6, 6.07) is 5.44.